The Hall–Kier alpha value is -2.83. The summed E-state index contributed by atoms with van der Waals surface area (Å²) in [6, 6.07) is 12.6. The fraction of sp³-hybridized carbons (Fsp3) is 0.227. The van der Waals surface area contributed by atoms with E-state index in [2.05, 4.69) is 10.3 Å². The number of amides is 1. The number of carbonyl (C=O) groups excluding carboxylic acids is 1. The fourth-order valence-corrected chi connectivity index (χ4v) is 3.53. The summed E-state index contributed by atoms with van der Waals surface area (Å²) in [5, 5.41) is 13.3. The Morgan fingerprint density at radius 3 is 2.53 bits per heavy atom. The quantitative estimate of drug-likeness (QED) is 0.501. The molecule has 0 saturated carbocycles. The summed E-state index contributed by atoms with van der Waals surface area (Å²) in [6.45, 7) is 1.61. The van der Waals surface area contributed by atoms with Gasteiger partial charge in [-0.2, -0.15) is 0 Å². The van der Waals surface area contributed by atoms with E-state index >= 15 is 0 Å². The number of carbonyl (C=O) groups is 2. The number of carboxylic acid groups (broad SMARTS) is 1. The molecule has 6 nitrogen and oxygen atoms in total. The van der Waals surface area contributed by atoms with Gasteiger partial charge in [-0.3, -0.25) is 9.59 Å². The van der Waals surface area contributed by atoms with Crippen molar-refractivity contribution < 1.29 is 19.1 Å². The highest BCUT2D eigenvalue weighted by Crippen LogP contribution is 2.30. The van der Waals surface area contributed by atoms with Gasteiger partial charge in [-0.05, 0) is 42.2 Å². The summed E-state index contributed by atoms with van der Waals surface area (Å²) in [6.07, 6.45) is 3.22. The van der Waals surface area contributed by atoms with Gasteiger partial charge in [0, 0.05) is 21.7 Å². The summed E-state index contributed by atoms with van der Waals surface area (Å²) in [7, 11) is 0. The molecule has 0 aliphatic heterocycles. The molecule has 0 aliphatic carbocycles. The normalized spacial score (nSPS) is 12.9. The predicted molar refractivity (Wildman–Crippen MR) is 115 cm³/mol. The average molecular weight is 447 g/mol. The van der Waals surface area contributed by atoms with Crippen LogP contribution in [0.5, 0.6) is 0 Å². The average Bonchev–Trinajstić information content (AvgIpc) is 3.25. The van der Waals surface area contributed by atoms with Crippen molar-refractivity contribution in [3.63, 3.8) is 0 Å². The monoisotopic (exact) mass is 446 g/mol. The second-order valence-corrected chi connectivity index (χ2v) is 7.88. The lowest BCUT2D eigenvalue weighted by molar-refractivity contribution is -0.141. The van der Waals surface area contributed by atoms with Crippen LogP contribution in [0.4, 0.5) is 0 Å². The molecule has 0 unspecified atom stereocenters. The van der Waals surface area contributed by atoms with Crippen molar-refractivity contribution in [3.8, 4) is 11.1 Å². The molecule has 8 heteroatoms. The molecule has 0 saturated heterocycles. The molecule has 0 spiro atoms. The van der Waals surface area contributed by atoms with Crippen LogP contribution in [0.3, 0.4) is 0 Å². The van der Waals surface area contributed by atoms with E-state index in [9.17, 15) is 14.7 Å². The summed E-state index contributed by atoms with van der Waals surface area (Å²) >= 11 is 12.3. The van der Waals surface area contributed by atoms with Crippen LogP contribution in [0.25, 0.3) is 11.1 Å². The first kappa shape index (κ1) is 21.9. The lowest BCUT2D eigenvalue weighted by atomic mass is 9.95. The maximum absolute atomic E-state index is 12.3. The molecule has 30 heavy (non-hydrogen) atoms. The van der Waals surface area contributed by atoms with Gasteiger partial charge in [-0.1, -0.05) is 54.4 Å². The van der Waals surface area contributed by atoms with Crippen LogP contribution < -0.4 is 5.32 Å². The molecule has 0 radical (unpaired) electrons. The summed E-state index contributed by atoms with van der Waals surface area (Å²) in [5.74, 6) is -1.89. The van der Waals surface area contributed by atoms with Crippen LogP contribution in [-0.4, -0.2) is 28.0 Å². The number of aliphatic carboxylic acids is 1. The predicted octanol–water partition coefficient (Wildman–Crippen LogP) is 5.10. The number of hydrogen-bond donors (Lipinski definition) is 2. The topological polar surface area (TPSA) is 92.4 Å². The van der Waals surface area contributed by atoms with Crippen molar-refractivity contribution in [2.75, 3.05) is 0 Å². The number of nitrogens with zero attached hydrogens (tertiary/aromatic N) is 1. The van der Waals surface area contributed by atoms with Gasteiger partial charge in [0.25, 0.3) is 5.91 Å². The van der Waals surface area contributed by atoms with E-state index in [1.54, 1.807) is 25.1 Å². The lowest BCUT2D eigenvalue weighted by Gasteiger charge is -2.20. The molecule has 0 aliphatic rings. The highest BCUT2D eigenvalue weighted by molar-refractivity contribution is 6.35. The number of halogens is 2. The van der Waals surface area contributed by atoms with Crippen LogP contribution in [0.2, 0.25) is 10.0 Å². The molecule has 2 N–H and O–H groups in total. The summed E-state index contributed by atoms with van der Waals surface area (Å²) in [5.41, 5.74) is 2.68. The first-order chi connectivity index (χ1) is 14.3. The van der Waals surface area contributed by atoms with E-state index in [1.165, 1.54) is 12.6 Å². The maximum Gasteiger partial charge on any atom is 0.306 e. The zero-order chi connectivity index (χ0) is 21.7. The van der Waals surface area contributed by atoms with Crippen molar-refractivity contribution in [1.82, 2.24) is 10.3 Å². The van der Waals surface area contributed by atoms with E-state index in [1.807, 2.05) is 24.3 Å². The molecule has 2 atom stereocenters. The molecule has 3 rings (SSSR count). The van der Waals surface area contributed by atoms with Gasteiger partial charge in [-0.15, -0.1) is 0 Å². The van der Waals surface area contributed by atoms with Gasteiger partial charge in [0.15, 0.2) is 6.39 Å². The molecular formula is C22H20Cl2N2O4. The minimum Gasteiger partial charge on any atom is -0.481 e. The largest absolute Gasteiger partial charge is 0.481 e. The first-order valence-electron chi connectivity index (χ1n) is 9.30. The minimum atomic E-state index is -0.917. The molecule has 156 valence electrons. The standard InChI is InChI=1S/C22H20Cl2N2O4/c1-13(22(28)29)8-17(26-21(27)20-11-25-12-30-20)9-14-2-4-15(5-3-14)18-10-16(23)6-7-19(18)24/h2-7,10-13,17H,8-9H2,1H3,(H,26,27)(H,28,29)/t13-,17-/m0/s1. The Kier molecular flexibility index (Phi) is 7.13. The van der Waals surface area contributed by atoms with Crippen molar-refractivity contribution in [1.29, 1.82) is 0 Å². The Balaban J connectivity index is 1.76. The van der Waals surface area contributed by atoms with E-state index in [0.717, 1.165) is 16.7 Å². The molecule has 0 bridgehead atoms. The van der Waals surface area contributed by atoms with Crippen LogP contribution in [0.15, 0.2) is 59.5 Å². The SMILES string of the molecule is C[C@@H](C[C@@H](Cc1ccc(-c2cc(Cl)ccc2Cl)cc1)NC(=O)c1cnco1)C(=O)O. The third-order valence-electron chi connectivity index (χ3n) is 4.73. The summed E-state index contributed by atoms with van der Waals surface area (Å²) < 4.78 is 5.02. The van der Waals surface area contributed by atoms with E-state index in [0.29, 0.717) is 16.5 Å². The number of nitrogens with one attached hydrogen (secondary N) is 1. The Morgan fingerprint density at radius 1 is 1.17 bits per heavy atom. The van der Waals surface area contributed by atoms with Gasteiger partial charge in [0.05, 0.1) is 12.1 Å². The van der Waals surface area contributed by atoms with Crippen molar-refractivity contribution in [3.05, 3.63) is 76.4 Å². The third kappa shape index (κ3) is 5.62. The fourth-order valence-electron chi connectivity index (χ4n) is 3.13. The number of benzene rings is 2. The van der Waals surface area contributed by atoms with Crippen molar-refractivity contribution in [2.24, 2.45) is 5.92 Å². The van der Waals surface area contributed by atoms with Crippen LogP contribution in [0.1, 0.15) is 29.5 Å². The van der Waals surface area contributed by atoms with Crippen LogP contribution in [0, 0.1) is 5.92 Å². The Labute approximate surface area is 183 Å². The molecule has 1 heterocycles. The van der Waals surface area contributed by atoms with E-state index in [4.69, 9.17) is 27.6 Å². The molecule has 3 aromatic rings. The molecule has 0 fully saturated rings. The van der Waals surface area contributed by atoms with Gasteiger partial charge in [0.1, 0.15) is 0 Å². The molecular weight excluding hydrogens is 427 g/mol. The van der Waals surface area contributed by atoms with Crippen molar-refractivity contribution >= 4 is 35.1 Å². The van der Waals surface area contributed by atoms with Gasteiger partial charge >= 0.3 is 5.97 Å². The highest BCUT2D eigenvalue weighted by Gasteiger charge is 2.22. The molecule has 2 aromatic carbocycles. The smallest absolute Gasteiger partial charge is 0.306 e. The minimum absolute atomic E-state index is 0.0777. The van der Waals surface area contributed by atoms with Crippen LogP contribution in [-0.2, 0) is 11.2 Å². The van der Waals surface area contributed by atoms with Gasteiger partial charge in [-0.25, -0.2) is 4.98 Å². The van der Waals surface area contributed by atoms with Gasteiger partial charge in [0.2, 0.25) is 5.76 Å². The first-order valence-corrected chi connectivity index (χ1v) is 10.1. The Bertz CT molecular complexity index is 1020. The second-order valence-electron chi connectivity index (χ2n) is 7.04. The van der Waals surface area contributed by atoms with E-state index < -0.39 is 23.8 Å². The number of carboxylic acids is 1. The highest BCUT2D eigenvalue weighted by atomic mass is 35.5. The maximum atomic E-state index is 12.3. The summed E-state index contributed by atoms with van der Waals surface area (Å²) in [4.78, 5) is 27.4. The van der Waals surface area contributed by atoms with Crippen LogP contribution >= 0.6 is 23.2 Å². The second kappa shape index (κ2) is 9.78. The number of oxazole rings is 1. The van der Waals surface area contributed by atoms with Crippen molar-refractivity contribution in [2.45, 2.75) is 25.8 Å². The zero-order valence-electron chi connectivity index (χ0n) is 16.1. The lowest BCUT2D eigenvalue weighted by Crippen LogP contribution is -2.38. The van der Waals surface area contributed by atoms with E-state index in [-0.39, 0.29) is 12.2 Å². The van der Waals surface area contributed by atoms with Gasteiger partial charge < -0.3 is 14.8 Å². The Morgan fingerprint density at radius 2 is 1.90 bits per heavy atom. The number of aromatic nitrogens is 1. The molecule has 1 amide bonds. The third-order valence-corrected chi connectivity index (χ3v) is 5.29. The molecule has 1 aromatic heterocycles. The number of hydrogen-bond acceptors (Lipinski definition) is 4. The zero-order valence-corrected chi connectivity index (χ0v) is 17.7. The number of rotatable bonds is 8.